The SMILES string of the molecule is COC(=O)c1cc(NC2CCCCC2)c(F)cc1N. The van der Waals surface area contributed by atoms with Gasteiger partial charge in [0.1, 0.15) is 5.82 Å². The molecule has 1 saturated carbocycles. The second-order valence-corrected chi connectivity index (χ2v) is 4.89. The van der Waals surface area contributed by atoms with E-state index in [-0.39, 0.29) is 17.3 Å². The number of nitrogens with two attached hydrogens (primary N) is 1. The summed E-state index contributed by atoms with van der Waals surface area (Å²) >= 11 is 0. The molecule has 0 saturated heterocycles. The van der Waals surface area contributed by atoms with Gasteiger partial charge < -0.3 is 15.8 Å². The smallest absolute Gasteiger partial charge is 0.340 e. The molecule has 1 aromatic carbocycles. The monoisotopic (exact) mass is 266 g/mol. The number of methoxy groups -OCH3 is 1. The fourth-order valence-electron chi connectivity index (χ4n) is 2.45. The van der Waals surface area contributed by atoms with Crippen LogP contribution in [0.15, 0.2) is 12.1 Å². The molecule has 0 radical (unpaired) electrons. The summed E-state index contributed by atoms with van der Waals surface area (Å²) in [5.41, 5.74) is 6.24. The maximum atomic E-state index is 13.9. The van der Waals surface area contributed by atoms with Crippen LogP contribution in [0.5, 0.6) is 0 Å². The van der Waals surface area contributed by atoms with E-state index in [2.05, 4.69) is 10.1 Å². The number of esters is 1. The Kier molecular flexibility index (Phi) is 4.24. The van der Waals surface area contributed by atoms with Crippen molar-refractivity contribution >= 4 is 17.3 Å². The molecule has 1 fully saturated rings. The second kappa shape index (κ2) is 5.91. The molecule has 1 aliphatic rings. The fraction of sp³-hybridized carbons (Fsp3) is 0.500. The van der Waals surface area contributed by atoms with Gasteiger partial charge in [-0.15, -0.1) is 0 Å². The minimum atomic E-state index is -0.552. The molecule has 0 bridgehead atoms. The lowest BCUT2D eigenvalue weighted by Crippen LogP contribution is -2.23. The van der Waals surface area contributed by atoms with Crippen molar-refractivity contribution in [2.45, 2.75) is 38.1 Å². The van der Waals surface area contributed by atoms with Crippen LogP contribution in [0.4, 0.5) is 15.8 Å². The maximum Gasteiger partial charge on any atom is 0.340 e. The number of nitrogen functional groups attached to an aromatic ring is 1. The first kappa shape index (κ1) is 13.6. The molecule has 0 spiro atoms. The summed E-state index contributed by atoms with van der Waals surface area (Å²) in [5, 5.41) is 3.16. The molecule has 2 rings (SSSR count). The van der Waals surface area contributed by atoms with Gasteiger partial charge in [0, 0.05) is 11.7 Å². The molecule has 0 heterocycles. The van der Waals surface area contributed by atoms with Crippen molar-refractivity contribution in [2.24, 2.45) is 0 Å². The van der Waals surface area contributed by atoms with E-state index in [1.54, 1.807) is 0 Å². The minimum absolute atomic E-state index is 0.0959. The second-order valence-electron chi connectivity index (χ2n) is 4.89. The van der Waals surface area contributed by atoms with Crippen LogP contribution < -0.4 is 11.1 Å². The largest absolute Gasteiger partial charge is 0.465 e. The number of halogens is 1. The zero-order valence-corrected chi connectivity index (χ0v) is 11.0. The predicted molar refractivity (Wildman–Crippen MR) is 72.6 cm³/mol. The number of carbonyl (C=O) groups excluding carboxylic acids is 1. The van der Waals surface area contributed by atoms with Gasteiger partial charge in [-0.3, -0.25) is 0 Å². The highest BCUT2D eigenvalue weighted by Crippen LogP contribution is 2.27. The van der Waals surface area contributed by atoms with Gasteiger partial charge in [-0.1, -0.05) is 19.3 Å². The molecule has 104 valence electrons. The van der Waals surface area contributed by atoms with Gasteiger partial charge in [-0.25, -0.2) is 9.18 Å². The molecule has 0 unspecified atom stereocenters. The lowest BCUT2D eigenvalue weighted by molar-refractivity contribution is 0.0602. The highest BCUT2D eigenvalue weighted by atomic mass is 19.1. The average molecular weight is 266 g/mol. The van der Waals surface area contributed by atoms with Crippen molar-refractivity contribution in [3.63, 3.8) is 0 Å². The number of ether oxygens (including phenoxy) is 1. The quantitative estimate of drug-likeness (QED) is 0.652. The van der Waals surface area contributed by atoms with E-state index in [1.165, 1.54) is 19.6 Å². The third kappa shape index (κ3) is 3.16. The summed E-state index contributed by atoms with van der Waals surface area (Å²) in [7, 11) is 1.28. The number of hydrogen-bond acceptors (Lipinski definition) is 4. The first-order valence-corrected chi connectivity index (χ1v) is 6.55. The first-order valence-electron chi connectivity index (χ1n) is 6.55. The molecule has 0 amide bonds. The molecular weight excluding hydrogens is 247 g/mol. The van der Waals surface area contributed by atoms with Crippen LogP contribution in [0, 0.1) is 5.82 Å². The van der Waals surface area contributed by atoms with Crippen molar-refractivity contribution in [3.8, 4) is 0 Å². The van der Waals surface area contributed by atoms with Gasteiger partial charge in [-0.2, -0.15) is 0 Å². The average Bonchev–Trinajstić information content (AvgIpc) is 2.42. The Bertz CT molecular complexity index is 471. The molecule has 19 heavy (non-hydrogen) atoms. The van der Waals surface area contributed by atoms with E-state index < -0.39 is 11.8 Å². The zero-order chi connectivity index (χ0) is 13.8. The summed E-state index contributed by atoms with van der Waals surface area (Å²) in [6, 6.07) is 2.86. The molecule has 0 atom stereocenters. The standard InChI is InChI=1S/C14H19FN2O2/c1-19-14(18)10-7-13(11(15)8-12(10)16)17-9-5-3-2-4-6-9/h7-9,17H,2-6,16H2,1H3. The van der Waals surface area contributed by atoms with Crippen molar-refractivity contribution in [2.75, 3.05) is 18.2 Å². The van der Waals surface area contributed by atoms with E-state index in [0.29, 0.717) is 5.69 Å². The van der Waals surface area contributed by atoms with Gasteiger partial charge in [0.05, 0.1) is 18.4 Å². The number of hydrogen-bond donors (Lipinski definition) is 2. The lowest BCUT2D eigenvalue weighted by Gasteiger charge is -2.24. The van der Waals surface area contributed by atoms with Crippen molar-refractivity contribution in [1.82, 2.24) is 0 Å². The van der Waals surface area contributed by atoms with Crippen LogP contribution in [0.3, 0.4) is 0 Å². The van der Waals surface area contributed by atoms with E-state index >= 15 is 0 Å². The Morgan fingerprint density at radius 1 is 1.37 bits per heavy atom. The lowest BCUT2D eigenvalue weighted by atomic mass is 9.95. The van der Waals surface area contributed by atoms with Gasteiger partial charge in [-0.05, 0) is 25.0 Å². The molecule has 1 aliphatic carbocycles. The Labute approximate surface area is 112 Å². The highest BCUT2D eigenvalue weighted by Gasteiger charge is 2.18. The van der Waals surface area contributed by atoms with E-state index in [0.717, 1.165) is 31.7 Å². The molecule has 0 aliphatic heterocycles. The molecule has 4 nitrogen and oxygen atoms in total. The Morgan fingerprint density at radius 2 is 2.05 bits per heavy atom. The number of carbonyl (C=O) groups is 1. The van der Waals surface area contributed by atoms with Crippen molar-refractivity contribution in [1.29, 1.82) is 0 Å². The number of rotatable bonds is 3. The summed E-state index contributed by atoms with van der Waals surface area (Å²) in [6.07, 6.45) is 5.58. The third-order valence-electron chi connectivity index (χ3n) is 3.51. The molecular formula is C14H19FN2O2. The van der Waals surface area contributed by atoms with Crippen molar-refractivity contribution < 1.29 is 13.9 Å². The van der Waals surface area contributed by atoms with Crippen LogP contribution in [0.1, 0.15) is 42.5 Å². The van der Waals surface area contributed by atoms with Crippen LogP contribution in [-0.4, -0.2) is 19.1 Å². The van der Waals surface area contributed by atoms with Gasteiger partial charge >= 0.3 is 5.97 Å². The molecule has 1 aromatic rings. The number of benzene rings is 1. The van der Waals surface area contributed by atoms with Crippen molar-refractivity contribution in [3.05, 3.63) is 23.5 Å². The summed E-state index contributed by atoms with van der Waals surface area (Å²) < 4.78 is 18.5. The van der Waals surface area contributed by atoms with Crippen LogP contribution >= 0.6 is 0 Å². The number of anilines is 2. The summed E-state index contributed by atoms with van der Waals surface area (Å²) in [4.78, 5) is 11.5. The maximum absolute atomic E-state index is 13.9. The van der Waals surface area contributed by atoms with Gasteiger partial charge in [0.15, 0.2) is 0 Å². The van der Waals surface area contributed by atoms with Crippen LogP contribution in [0.2, 0.25) is 0 Å². The molecule has 3 N–H and O–H groups in total. The zero-order valence-electron chi connectivity index (χ0n) is 11.0. The summed E-state index contributed by atoms with van der Waals surface area (Å²) in [6.45, 7) is 0. The van der Waals surface area contributed by atoms with E-state index in [4.69, 9.17) is 5.73 Å². The van der Waals surface area contributed by atoms with Crippen LogP contribution in [0.25, 0.3) is 0 Å². The minimum Gasteiger partial charge on any atom is -0.465 e. The highest BCUT2D eigenvalue weighted by molar-refractivity contribution is 5.96. The summed E-state index contributed by atoms with van der Waals surface area (Å²) in [5.74, 6) is -0.986. The third-order valence-corrected chi connectivity index (χ3v) is 3.51. The Hall–Kier alpha value is -1.78. The van der Waals surface area contributed by atoms with Gasteiger partial charge in [0.2, 0.25) is 0 Å². The van der Waals surface area contributed by atoms with E-state index in [1.807, 2.05) is 0 Å². The molecule has 0 aromatic heterocycles. The molecule has 5 heteroatoms. The topological polar surface area (TPSA) is 64.3 Å². The predicted octanol–water partition coefficient (Wildman–Crippen LogP) is 2.94. The first-order chi connectivity index (χ1) is 9.11. The van der Waals surface area contributed by atoms with Gasteiger partial charge in [0.25, 0.3) is 0 Å². The Morgan fingerprint density at radius 3 is 2.68 bits per heavy atom. The Balaban J connectivity index is 2.21. The fourth-order valence-corrected chi connectivity index (χ4v) is 2.45. The van der Waals surface area contributed by atoms with E-state index in [9.17, 15) is 9.18 Å². The number of nitrogens with one attached hydrogen (secondary N) is 1. The van der Waals surface area contributed by atoms with Crippen LogP contribution in [-0.2, 0) is 4.74 Å². The normalized spacial score (nSPS) is 16.1.